The molecule has 1 saturated carbocycles. The number of guanidine groups is 1. The number of aliphatic imine (C=N–C) groups is 1. The monoisotopic (exact) mass is 410 g/mol. The van der Waals surface area contributed by atoms with Gasteiger partial charge in [-0.1, -0.05) is 24.3 Å². The lowest BCUT2D eigenvalue weighted by atomic mass is 9.95. The third kappa shape index (κ3) is 5.82. The number of rotatable bonds is 7. The van der Waals surface area contributed by atoms with Gasteiger partial charge in [0.25, 0.3) is 0 Å². The highest BCUT2D eigenvalue weighted by atomic mass is 19.4. The van der Waals surface area contributed by atoms with E-state index in [4.69, 9.17) is 0 Å². The molecule has 1 heterocycles. The molecule has 0 saturated heterocycles. The Morgan fingerprint density at radius 2 is 1.93 bits per heavy atom. The second-order valence-corrected chi connectivity index (χ2v) is 6.95. The standard InChI is InChI=1S/C20H22F4N4O/c1-25-18(28-12-19(8-9-19)15-4-2-3-5-16(15)21)27-11-14-6-7-17(26-10-14)29-13-20(22,23)24/h2-7,10H,8-9,11-13H2,1H3,(H2,25,27,28). The van der Waals surface area contributed by atoms with E-state index in [0.29, 0.717) is 24.6 Å². The normalized spacial score (nSPS) is 15.7. The Balaban J connectivity index is 1.49. The van der Waals surface area contributed by atoms with Crippen LogP contribution in [0.25, 0.3) is 0 Å². The molecule has 0 unspecified atom stereocenters. The summed E-state index contributed by atoms with van der Waals surface area (Å²) in [5.74, 6) is 0.257. The van der Waals surface area contributed by atoms with Gasteiger partial charge in [0.2, 0.25) is 5.88 Å². The molecule has 5 nitrogen and oxygen atoms in total. The van der Waals surface area contributed by atoms with Gasteiger partial charge >= 0.3 is 6.18 Å². The number of benzene rings is 1. The van der Waals surface area contributed by atoms with Crippen LogP contribution in [0.2, 0.25) is 0 Å². The van der Waals surface area contributed by atoms with E-state index >= 15 is 0 Å². The minimum Gasteiger partial charge on any atom is -0.468 e. The van der Waals surface area contributed by atoms with Gasteiger partial charge in [0.05, 0.1) is 0 Å². The van der Waals surface area contributed by atoms with Crippen molar-refractivity contribution in [3.05, 3.63) is 59.5 Å². The van der Waals surface area contributed by atoms with Gasteiger partial charge in [0.1, 0.15) is 5.82 Å². The first-order valence-electron chi connectivity index (χ1n) is 9.15. The molecule has 1 aliphatic carbocycles. The Hall–Kier alpha value is -2.84. The molecule has 0 amide bonds. The lowest BCUT2D eigenvalue weighted by molar-refractivity contribution is -0.154. The molecule has 0 bridgehead atoms. The van der Waals surface area contributed by atoms with Crippen molar-refractivity contribution in [2.24, 2.45) is 4.99 Å². The molecule has 29 heavy (non-hydrogen) atoms. The Labute approximate surface area is 166 Å². The van der Waals surface area contributed by atoms with Crippen LogP contribution >= 0.6 is 0 Å². The molecule has 9 heteroatoms. The minimum atomic E-state index is -4.40. The molecule has 1 aliphatic rings. The van der Waals surface area contributed by atoms with E-state index in [2.05, 4.69) is 25.3 Å². The van der Waals surface area contributed by atoms with E-state index in [0.717, 1.165) is 18.4 Å². The van der Waals surface area contributed by atoms with Crippen molar-refractivity contribution in [1.29, 1.82) is 0 Å². The molecular formula is C20H22F4N4O. The van der Waals surface area contributed by atoms with E-state index in [1.54, 1.807) is 19.2 Å². The van der Waals surface area contributed by atoms with Crippen molar-refractivity contribution < 1.29 is 22.3 Å². The zero-order valence-electron chi connectivity index (χ0n) is 15.9. The molecule has 156 valence electrons. The fourth-order valence-corrected chi connectivity index (χ4v) is 3.00. The minimum absolute atomic E-state index is 0.0888. The highest BCUT2D eigenvalue weighted by Crippen LogP contribution is 2.48. The van der Waals surface area contributed by atoms with E-state index in [9.17, 15) is 17.6 Å². The third-order valence-electron chi connectivity index (χ3n) is 4.76. The molecule has 1 aromatic carbocycles. The molecule has 0 radical (unpaired) electrons. The Morgan fingerprint density at radius 3 is 2.52 bits per heavy atom. The van der Waals surface area contributed by atoms with Crippen molar-refractivity contribution in [3.63, 3.8) is 0 Å². The quantitative estimate of drug-likeness (QED) is 0.416. The Morgan fingerprint density at radius 1 is 1.17 bits per heavy atom. The van der Waals surface area contributed by atoms with E-state index in [1.807, 2.05) is 12.1 Å². The van der Waals surface area contributed by atoms with Crippen LogP contribution in [0.3, 0.4) is 0 Å². The highest BCUT2D eigenvalue weighted by Gasteiger charge is 2.45. The van der Waals surface area contributed by atoms with Gasteiger partial charge in [-0.15, -0.1) is 0 Å². The maximum Gasteiger partial charge on any atom is 0.422 e. The van der Waals surface area contributed by atoms with Crippen molar-refractivity contribution in [1.82, 2.24) is 15.6 Å². The lowest BCUT2D eigenvalue weighted by Gasteiger charge is -2.19. The largest absolute Gasteiger partial charge is 0.468 e. The van der Waals surface area contributed by atoms with Gasteiger partial charge in [-0.25, -0.2) is 9.37 Å². The van der Waals surface area contributed by atoms with Crippen LogP contribution in [0.4, 0.5) is 17.6 Å². The van der Waals surface area contributed by atoms with Crippen molar-refractivity contribution in [2.45, 2.75) is 31.0 Å². The lowest BCUT2D eigenvalue weighted by Crippen LogP contribution is -2.41. The molecular weight excluding hydrogens is 388 g/mol. The van der Waals surface area contributed by atoms with Crippen molar-refractivity contribution >= 4 is 5.96 Å². The SMILES string of the molecule is CN=C(NCc1ccc(OCC(F)(F)F)nc1)NCC1(c2ccccc2F)CC1. The summed E-state index contributed by atoms with van der Waals surface area (Å²) < 4.78 is 55.2. The number of aromatic nitrogens is 1. The summed E-state index contributed by atoms with van der Waals surface area (Å²) in [5, 5.41) is 6.33. The van der Waals surface area contributed by atoms with Crippen molar-refractivity contribution in [3.8, 4) is 5.88 Å². The van der Waals surface area contributed by atoms with E-state index < -0.39 is 12.8 Å². The second kappa shape index (κ2) is 8.67. The predicted molar refractivity (Wildman–Crippen MR) is 101 cm³/mol. The number of ether oxygens (including phenoxy) is 1. The second-order valence-electron chi connectivity index (χ2n) is 6.95. The average Bonchev–Trinajstić information content (AvgIpc) is 3.48. The van der Waals surface area contributed by atoms with Crippen LogP contribution in [0.1, 0.15) is 24.0 Å². The van der Waals surface area contributed by atoms with E-state index in [-0.39, 0.29) is 17.1 Å². The maximum absolute atomic E-state index is 14.1. The zero-order valence-corrected chi connectivity index (χ0v) is 15.9. The molecule has 2 N–H and O–H groups in total. The number of pyridine rings is 1. The van der Waals surface area contributed by atoms with Crippen LogP contribution in [0.5, 0.6) is 5.88 Å². The summed E-state index contributed by atoms with van der Waals surface area (Å²) in [6.45, 7) is -0.451. The van der Waals surface area contributed by atoms with Gasteiger partial charge in [-0.05, 0) is 30.0 Å². The Bertz CT molecular complexity index is 848. The summed E-state index contributed by atoms with van der Waals surface area (Å²) in [5.41, 5.74) is 1.24. The summed E-state index contributed by atoms with van der Waals surface area (Å²) in [6, 6.07) is 9.81. The Kier molecular flexibility index (Phi) is 6.24. The summed E-state index contributed by atoms with van der Waals surface area (Å²) >= 11 is 0. The molecule has 3 rings (SSSR count). The van der Waals surface area contributed by atoms with Gasteiger partial charge < -0.3 is 15.4 Å². The first kappa shape index (κ1) is 20.9. The average molecular weight is 410 g/mol. The summed E-state index contributed by atoms with van der Waals surface area (Å²) in [7, 11) is 1.63. The number of alkyl halides is 3. The molecule has 0 aliphatic heterocycles. The first-order chi connectivity index (χ1) is 13.8. The van der Waals surface area contributed by atoms with Crippen LogP contribution < -0.4 is 15.4 Å². The number of hydrogen-bond acceptors (Lipinski definition) is 3. The zero-order chi connectivity index (χ0) is 20.9. The summed E-state index contributed by atoms with van der Waals surface area (Å²) in [4.78, 5) is 8.02. The number of halogens is 4. The fraction of sp³-hybridized carbons (Fsp3) is 0.400. The maximum atomic E-state index is 14.1. The van der Waals surface area contributed by atoms with Crippen LogP contribution in [0, 0.1) is 5.82 Å². The van der Waals surface area contributed by atoms with Crippen LogP contribution in [0.15, 0.2) is 47.6 Å². The first-order valence-corrected chi connectivity index (χ1v) is 9.15. The van der Waals surface area contributed by atoms with Crippen LogP contribution in [-0.4, -0.2) is 37.3 Å². The number of hydrogen-bond donors (Lipinski definition) is 2. The van der Waals surface area contributed by atoms with Gasteiger partial charge in [-0.3, -0.25) is 4.99 Å². The topological polar surface area (TPSA) is 58.5 Å². The van der Waals surface area contributed by atoms with Crippen molar-refractivity contribution in [2.75, 3.05) is 20.2 Å². The summed E-state index contributed by atoms with van der Waals surface area (Å²) in [6.07, 6.45) is -1.15. The number of nitrogens with zero attached hydrogens (tertiary/aromatic N) is 2. The molecule has 1 aromatic heterocycles. The van der Waals surface area contributed by atoms with Gasteiger partial charge in [0, 0.05) is 37.8 Å². The molecule has 1 fully saturated rings. The predicted octanol–water partition coefficient (Wildman–Crippen LogP) is 3.56. The number of nitrogens with one attached hydrogen (secondary N) is 2. The molecule has 0 spiro atoms. The highest BCUT2D eigenvalue weighted by molar-refractivity contribution is 5.79. The van der Waals surface area contributed by atoms with Gasteiger partial charge in [0.15, 0.2) is 12.6 Å². The molecule has 0 atom stereocenters. The van der Waals surface area contributed by atoms with Crippen LogP contribution in [-0.2, 0) is 12.0 Å². The molecule has 2 aromatic rings. The van der Waals surface area contributed by atoms with E-state index in [1.165, 1.54) is 18.3 Å². The fourth-order valence-electron chi connectivity index (χ4n) is 3.00. The smallest absolute Gasteiger partial charge is 0.422 e. The van der Waals surface area contributed by atoms with Gasteiger partial charge in [-0.2, -0.15) is 13.2 Å². The third-order valence-corrected chi connectivity index (χ3v) is 4.76.